The second-order valence-corrected chi connectivity index (χ2v) is 3.77. The van der Waals surface area contributed by atoms with E-state index >= 15 is 0 Å². The fourth-order valence-corrected chi connectivity index (χ4v) is 1.98. The maximum atomic E-state index is 11.5. The van der Waals surface area contributed by atoms with Crippen molar-refractivity contribution in [1.82, 2.24) is 9.97 Å². The number of hydrogen-bond donors (Lipinski definition) is 2. The van der Waals surface area contributed by atoms with Gasteiger partial charge in [0.15, 0.2) is 0 Å². The zero-order valence-electron chi connectivity index (χ0n) is 8.21. The van der Waals surface area contributed by atoms with Crippen LogP contribution in [0.2, 0.25) is 0 Å². The maximum absolute atomic E-state index is 11.5. The molecule has 2 N–H and O–H groups in total. The predicted molar refractivity (Wildman–Crippen MR) is 59.2 cm³/mol. The topological polar surface area (TPSA) is 57.8 Å². The highest BCUT2D eigenvalue weighted by atomic mass is 16.1. The van der Waals surface area contributed by atoms with Crippen LogP contribution in [0.25, 0.3) is 10.9 Å². The molecule has 1 aliphatic heterocycles. The van der Waals surface area contributed by atoms with Gasteiger partial charge in [-0.15, -0.1) is 0 Å². The number of aromatic amines is 1. The average Bonchev–Trinajstić information content (AvgIpc) is 2.27. The van der Waals surface area contributed by atoms with Crippen molar-refractivity contribution in [3.05, 3.63) is 34.2 Å². The molecule has 1 aliphatic rings. The van der Waals surface area contributed by atoms with Crippen LogP contribution in [0.15, 0.2) is 23.1 Å². The van der Waals surface area contributed by atoms with Crippen molar-refractivity contribution in [1.29, 1.82) is 0 Å². The summed E-state index contributed by atoms with van der Waals surface area (Å²) >= 11 is 0. The van der Waals surface area contributed by atoms with Crippen LogP contribution in [-0.4, -0.2) is 16.5 Å². The number of hydrogen-bond acceptors (Lipinski definition) is 3. The third-order valence-electron chi connectivity index (χ3n) is 2.75. The highest BCUT2D eigenvalue weighted by Gasteiger charge is 2.11. The first-order valence-corrected chi connectivity index (χ1v) is 5.10. The van der Waals surface area contributed by atoms with E-state index in [1.807, 2.05) is 12.1 Å². The molecule has 3 rings (SSSR count). The van der Waals surface area contributed by atoms with E-state index in [9.17, 15) is 4.79 Å². The van der Waals surface area contributed by atoms with Crippen LogP contribution in [0.3, 0.4) is 0 Å². The minimum absolute atomic E-state index is 0.0617. The Labute approximate surface area is 86.4 Å². The lowest BCUT2D eigenvalue weighted by atomic mass is 10.1. The molecule has 76 valence electrons. The Morgan fingerprint density at radius 2 is 2.33 bits per heavy atom. The first-order valence-electron chi connectivity index (χ1n) is 5.10. The van der Waals surface area contributed by atoms with Gasteiger partial charge in [-0.3, -0.25) is 4.79 Å². The van der Waals surface area contributed by atoms with E-state index in [2.05, 4.69) is 15.3 Å². The van der Waals surface area contributed by atoms with Crippen molar-refractivity contribution in [3.63, 3.8) is 0 Å². The molecule has 0 radical (unpaired) electrons. The van der Waals surface area contributed by atoms with Gasteiger partial charge in [-0.25, -0.2) is 4.98 Å². The Kier molecular flexibility index (Phi) is 1.74. The molecule has 0 saturated carbocycles. The number of aryl methyl sites for hydroxylation is 1. The number of fused-ring (bicyclic) bond motifs is 2. The van der Waals surface area contributed by atoms with E-state index in [0.29, 0.717) is 5.39 Å². The van der Waals surface area contributed by atoms with E-state index in [-0.39, 0.29) is 5.56 Å². The van der Waals surface area contributed by atoms with Crippen molar-refractivity contribution in [2.24, 2.45) is 0 Å². The number of H-pyrrole nitrogens is 1. The molecule has 0 unspecified atom stereocenters. The Morgan fingerprint density at radius 3 is 3.27 bits per heavy atom. The predicted octanol–water partition coefficient (Wildman–Crippen LogP) is 1.28. The van der Waals surface area contributed by atoms with Crippen LogP contribution in [0.4, 0.5) is 5.82 Å². The number of pyridine rings is 2. The molecular formula is C11H11N3O. The number of rotatable bonds is 0. The second-order valence-electron chi connectivity index (χ2n) is 3.77. The van der Waals surface area contributed by atoms with Gasteiger partial charge >= 0.3 is 0 Å². The summed E-state index contributed by atoms with van der Waals surface area (Å²) in [6, 6.07) is 3.77. The fraction of sp³-hybridized carbons (Fsp3) is 0.273. The number of nitrogens with zero attached hydrogens (tertiary/aromatic N) is 1. The molecule has 0 aliphatic carbocycles. The lowest BCUT2D eigenvalue weighted by Gasteiger charge is -2.16. The van der Waals surface area contributed by atoms with Crippen molar-refractivity contribution < 1.29 is 0 Å². The number of nitrogens with one attached hydrogen (secondary N) is 2. The number of aromatic nitrogens is 2. The van der Waals surface area contributed by atoms with Crippen LogP contribution in [-0.2, 0) is 6.42 Å². The van der Waals surface area contributed by atoms with Gasteiger partial charge < -0.3 is 10.3 Å². The quantitative estimate of drug-likeness (QED) is 0.675. The molecule has 0 saturated heterocycles. The summed E-state index contributed by atoms with van der Waals surface area (Å²) < 4.78 is 0. The van der Waals surface area contributed by atoms with E-state index < -0.39 is 0 Å². The minimum Gasteiger partial charge on any atom is -0.370 e. The lowest BCUT2D eigenvalue weighted by Crippen LogP contribution is -2.15. The van der Waals surface area contributed by atoms with E-state index in [1.165, 1.54) is 0 Å². The van der Waals surface area contributed by atoms with Gasteiger partial charge in [0.1, 0.15) is 5.82 Å². The third kappa shape index (κ3) is 1.29. The van der Waals surface area contributed by atoms with E-state index in [4.69, 9.17) is 0 Å². The van der Waals surface area contributed by atoms with Crippen molar-refractivity contribution >= 4 is 16.7 Å². The van der Waals surface area contributed by atoms with E-state index in [0.717, 1.165) is 36.3 Å². The molecule has 4 heteroatoms. The summed E-state index contributed by atoms with van der Waals surface area (Å²) in [6.45, 7) is 0.967. The molecule has 3 heterocycles. The molecule has 0 amide bonds. The molecule has 0 bridgehead atoms. The highest BCUT2D eigenvalue weighted by molar-refractivity contribution is 5.80. The molecular weight excluding hydrogens is 190 g/mol. The van der Waals surface area contributed by atoms with Crippen LogP contribution in [0, 0.1) is 0 Å². The third-order valence-corrected chi connectivity index (χ3v) is 2.75. The standard InChI is InChI=1S/C11H11N3O/c15-11-8-6-7-2-1-4-12-10(7)14-9(8)3-5-13-11/h3,5-6H,1-2,4H2,(H,12,14)(H,13,15). The Bertz CT molecular complexity index is 574. The fourth-order valence-electron chi connectivity index (χ4n) is 1.98. The SMILES string of the molecule is O=c1[nH]ccc2nc3c(cc12)CCCN3. The molecule has 2 aromatic rings. The molecule has 4 nitrogen and oxygen atoms in total. The summed E-state index contributed by atoms with van der Waals surface area (Å²) in [7, 11) is 0. The van der Waals surface area contributed by atoms with Crippen molar-refractivity contribution in [2.75, 3.05) is 11.9 Å². The lowest BCUT2D eigenvalue weighted by molar-refractivity contribution is 0.821. The molecule has 0 spiro atoms. The Balaban J connectivity index is 2.36. The van der Waals surface area contributed by atoms with Crippen molar-refractivity contribution in [2.45, 2.75) is 12.8 Å². The van der Waals surface area contributed by atoms with Crippen LogP contribution >= 0.6 is 0 Å². The van der Waals surface area contributed by atoms with Gasteiger partial charge in [-0.1, -0.05) is 0 Å². The molecule has 0 atom stereocenters. The Morgan fingerprint density at radius 1 is 1.40 bits per heavy atom. The molecule has 2 aromatic heterocycles. The monoisotopic (exact) mass is 201 g/mol. The number of anilines is 1. The summed E-state index contributed by atoms with van der Waals surface area (Å²) in [5.41, 5.74) is 1.84. The van der Waals surface area contributed by atoms with Gasteiger partial charge in [-0.2, -0.15) is 0 Å². The molecule has 15 heavy (non-hydrogen) atoms. The normalized spacial score (nSPS) is 14.7. The van der Waals surface area contributed by atoms with Gasteiger partial charge in [0, 0.05) is 12.7 Å². The van der Waals surface area contributed by atoms with Gasteiger partial charge in [-0.05, 0) is 30.5 Å². The summed E-state index contributed by atoms with van der Waals surface area (Å²) in [6.07, 6.45) is 3.73. The first-order chi connectivity index (χ1) is 7.34. The minimum atomic E-state index is -0.0617. The van der Waals surface area contributed by atoms with Crippen LogP contribution in [0.5, 0.6) is 0 Å². The summed E-state index contributed by atoms with van der Waals surface area (Å²) in [4.78, 5) is 18.7. The van der Waals surface area contributed by atoms with Crippen LogP contribution in [0.1, 0.15) is 12.0 Å². The average molecular weight is 201 g/mol. The summed E-state index contributed by atoms with van der Waals surface area (Å²) in [5.74, 6) is 0.930. The van der Waals surface area contributed by atoms with Crippen LogP contribution < -0.4 is 10.9 Å². The zero-order valence-corrected chi connectivity index (χ0v) is 8.21. The van der Waals surface area contributed by atoms with E-state index in [1.54, 1.807) is 6.20 Å². The second kappa shape index (κ2) is 3.08. The smallest absolute Gasteiger partial charge is 0.257 e. The Hall–Kier alpha value is -1.84. The molecule has 0 aromatic carbocycles. The molecule has 0 fully saturated rings. The van der Waals surface area contributed by atoms with Crippen molar-refractivity contribution in [3.8, 4) is 0 Å². The summed E-state index contributed by atoms with van der Waals surface area (Å²) in [5, 5.41) is 3.93. The zero-order chi connectivity index (χ0) is 10.3. The first kappa shape index (κ1) is 8.47. The largest absolute Gasteiger partial charge is 0.370 e. The van der Waals surface area contributed by atoms with Gasteiger partial charge in [0.2, 0.25) is 0 Å². The highest BCUT2D eigenvalue weighted by Crippen LogP contribution is 2.22. The maximum Gasteiger partial charge on any atom is 0.257 e. The van der Waals surface area contributed by atoms with Gasteiger partial charge in [0.05, 0.1) is 10.9 Å². The van der Waals surface area contributed by atoms with Gasteiger partial charge in [0.25, 0.3) is 5.56 Å².